The molecule has 1 N–H and O–H groups in total. The predicted octanol–water partition coefficient (Wildman–Crippen LogP) is 3.86. The largest absolute Gasteiger partial charge is 0.479 e. The molecule has 0 fully saturated rings. The van der Waals surface area contributed by atoms with Gasteiger partial charge in [-0.3, -0.25) is 9.69 Å². The van der Waals surface area contributed by atoms with Crippen LogP contribution < -0.4 is 4.90 Å². The van der Waals surface area contributed by atoms with Gasteiger partial charge in [0.2, 0.25) is 0 Å². The zero-order valence-electron chi connectivity index (χ0n) is 12.9. The van der Waals surface area contributed by atoms with Crippen molar-refractivity contribution in [3.8, 4) is 0 Å². The number of benzene rings is 2. The number of hydrogen-bond donors (Lipinski definition) is 1. The van der Waals surface area contributed by atoms with Gasteiger partial charge in [0.05, 0.1) is 0 Å². The fourth-order valence-corrected chi connectivity index (χ4v) is 2.27. The van der Waals surface area contributed by atoms with Gasteiger partial charge in [0.1, 0.15) is 5.82 Å². The van der Waals surface area contributed by atoms with E-state index in [9.17, 15) is 32.3 Å². The monoisotopic (exact) mass is 355 g/mol. The molecule has 8 heteroatoms. The van der Waals surface area contributed by atoms with Crippen molar-refractivity contribution in [1.29, 1.82) is 0 Å². The lowest BCUT2D eigenvalue weighted by Gasteiger charge is -2.30. The van der Waals surface area contributed by atoms with E-state index in [1.165, 1.54) is 24.3 Å². The molecule has 2 rings (SSSR count). The second-order valence-corrected chi connectivity index (χ2v) is 5.30. The standard InChI is InChI=1S/C17H13F4NO3/c1-10-2-4-11(5-3-10)14(15(23)24)22(16(25)17(19,20)21)13-8-6-12(18)7-9-13/h2-9,14H,1H3,(H,23,24). The highest BCUT2D eigenvalue weighted by atomic mass is 19.4. The third-order valence-electron chi connectivity index (χ3n) is 3.45. The first-order chi connectivity index (χ1) is 11.6. The van der Waals surface area contributed by atoms with Crippen molar-refractivity contribution in [3.05, 3.63) is 65.5 Å². The summed E-state index contributed by atoms with van der Waals surface area (Å²) < 4.78 is 52.1. The van der Waals surface area contributed by atoms with Crippen molar-refractivity contribution in [3.63, 3.8) is 0 Å². The number of nitrogens with zero attached hydrogens (tertiary/aromatic N) is 1. The molecule has 132 valence electrons. The van der Waals surface area contributed by atoms with Gasteiger partial charge in [0, 0.05) is 5.69 Å². The molecular formula is C17H13F4NO3. The van der Waals surface area contributed by atoms with E-state index in [0.717, 1.165) is 29.8 Å². The molecule has 0 heterocycles. The molecule has 0 radical (unpaired) electrons. The van der Waals surface area contributed by atoms with Crippen LogP contribution in [-0.2, 0) is 9.59 Å². The second kappa shape index (κ2) is 6.92. The Morgan fingerprint density at radius 2 is 1.52 bits per heavy atom. The Morgan fingerprint density at radius 3 is 1.96 bits per heavy atom. The average molecular weight is 355 g/mol. The van der Waals surface area contributed by atoms with Crippen LogP contribution >= 0.6 is 0 Å². The number of carbonyl (C=O) groups excluding carboxylic acids is 1. The van der Waals surface area contributed by atoms with Crippen LogP contribution in [0.15, 0.2) is 48.5 Å². The summed E-state index contributed by atoms with van der Waals surface area (Å²) in [4.78, 5) is 23.6. The number of aliphatic carboxylic acids is 1. The van der Waals surface area contributed by atoms with E-state index in [1.807, 2.05) is 0 Å². The van der Waals surface area contributed by atoms with E-state index in [1.54, 1.807) is 6.92 Å². The number of rotatable bonds is 4. The normalized spacial score (nSPS) is 12.5. The molecule has 1 amide bonds. The number of alkyl halides is 3. The first-order valence-electron chi connectivity index (χ1n) is 7.06. The fraction of sp³-hybridized carbons (Fsp3) is 0.176. The molecule has 0 saturated carbocycles. The summed E-state index contributed by atoms with van der Waals surface area (Å²) >= 11 is 0. The zero-order chi connectivity index (χ0) is 18.8. The Labute approximate surface area is 140 Å². The van der Waals surface area contributed by atoms with Gasteiger partial charge in [0.15, 0.2) is 6.04 Å². The lowest BCUT2D eigenvalue weighted by atomic mass is 10.0. The minimum Gasteiger partial charge on any atom is -0.479 e. The number of hydrogen-bond acceptors (Lipinski definition) is 2. The number of halogens is 4. The third kappa shape index (κ3) is 4.14. The van der Waals surface area contributed by atoms with Crippen LogP contribution in [0, 0.1) is 12.7 Å². The summed E-state index contributed by atoms with van der Waals surface area (Å²) in [5.74, 6) is -4.73. The molecule has 2 aromatic rings. The van der Waals surface area contributed by atoms with Crippen LogP contribution in [-0.4, -0.2) is 23.2 Å². The maximum Gasteiger partial charge on any atom is 0.471 e. The third-order valence-corrected chi connectivity index (χ3v) is 3.45. The number of carbonyl (C=O) groups is 2. The summed E-state index contributed by atoms with van der Waals surface area (Å²) in [6, 6.07) is 7.31. The van der Waals surface area contributed by atoms with Crippen LogP contribution in [0.2, 0.25) is 0 Å². The summed E-state index contributed by atoms with van der Waals surface area (Å²) in [7, 11) is 0. The van der Waals surface area contributed by atoms with E-state index in [4.69, 9.17) is 0 Å². The quantitative estimate of drug-likeness (QED) is 0.848. The Kier molecular flexibility index (Phi) is 5.10. The van der Waals surface area contributed by atoms with Crippen molar-refractivity contribution < 1.29 is 32.3 Å². The highest BCUT2D eigenvalue weighted by Crippen LogP contribution is 2.32. The molecule has 0 aromatic heterocycles. The molecule has 25 heavy (non-hydrogen) atoms. The SMILES string of the molecule is Cc1ccc(C(C(=O)O)N(C(=O)C(F)(F)F)c2ccc(F)cc2)cc1. The van der Waals surface area contributed by atoms with Gasteiger partial charge in [-0.25, -0.2) is 9.18 Å². The number of carboxylic acids is 1. The van der Waals surface area contributed by atoms with Crippen molar-refractivity contribution in [2.24, 2.45) is 0 Å². The summed E-state index contributed by atoms with van der Waals surface area (Å²) in [6.45, 7) is 1.72. The number of amides is 1. The summed E-state index contributed by atoms with van der Waals surface area (Å²) in [5.41, 5.74) is 0.375. The highest BCUT2D eigenvalue weighted by Gasteiger charge is 2.47. The smallest absolute Gasteiger partial charge is 0.471 e. The molecule has 0 spiro atoms. The van der Waals surface area contributed by atoms with E-state index in [2.05, 4.69) is 0 Å². The topological polar surface area (TPSA) is 57.6 Å². The summed E-state index contributed by atoms with van der Waals surface area (Å²) in [6.07, 6.45) is -5.30. The lowest BCUT2D eigenvalue weighted by molar-refractivity contribution is -0.171. The molecule has 1 atom stereocenters. The first-order valence-corrected chi connectivity index (χ1v) is 7.06. The van der Waals surface area contributed by atoms with Gasteiger partial charge >= 0.3 is 18.1 Å². The van der Waals surface area contributed by atoms with Crippen LogP contribution in [0.1, 0.15) is 17.2 Å². The van der Waals surface area contributed by atoms with Gasteiger partial charge in [0.25, 0.3) is 0 Å². The lowest BCUT2D eigenvalue weighted by Crippen LogP contribution is -2.46. The van der Waals surface area contributed by atoms with Gasteiger partial charge in [-0.15, -0.1) is 0 Å². The van der Waals surface area contributed by atoms with Crippen molar-refractivity contribution in [2.75, 3.05) is 4.90 Å². The maximum atomic E-state index is 13.1. The van der Waals surface area contributed by atoms with Gasteiger partial charge < -0.3 is 5.11 Å². The van der Waals surface area contributed by atoms with E-state index < -0.39 is 29.9 Å². The van der Waals surface area contributed by atoms with Gasteiger partial charge in [-0.05, 0) is 36.8 Å². The molecular weight excluding hydrogens is 342 g/mol. The van der Waals surface area contributed by atoms with Gasteiger partial charge in [-0.1, -0.05) is 29.8 Å². The van der Waals surface area contributed by atoms with E-state index in [-0.39, 0.29) is 16.2 Å². The molecule has 0 saturated heterocycles. The number of aryl methyl sites for hydroxylation is 1. The number of anilines is 1. The molecule has 1 unspecified atom stereocenters. The van der Waals surface area contributed by atoms with Crippen LogP contribution in [0.4, 0.5) is 23.2 Å². The van der Waals surface area contributed by atoms with E-state index in [0.29, 0.717) is 0 Å². The first kappa shape index (κ1) is 18.4. The summed E-state index contributed by atoms with van der Waals surface area (Å²) in [5, 5.41) is 9.46. The number of carboxylic acid groups (broad SMARTS) is 1. The fourth-order valence-electron chi connectivity index (χ4n) is 2.27. The molecule has 0 bridgehead atoms. The molecule has 0 aliphatic heterocycles. The minimum atomic E-state index is -5.30. The van der Waals surface area contributed by atoms with E-state index >= 15 is 0 Å². The Morgan fingerprint density at radius 1 is 1.00 bits per heavy atom. The molecule has 4 nitrogen and oxygen atoms in total. The molecule has 2 aromatic carbocycles. The Hall–Kier alpha value is -2.90. The minimum absolute atomic E-state index is 0.0139. The Bertz CT molecular complexity index is 770. The highest BCUT2D eigenvalue weighted by molar-refractivity contribution is 6.02. The van der Waals surface area contributed by atoms with Crippen molar-refractivity contribution in [1.82, 2.24) is 0 Å². The molecule has 0 aliphatic rings. The Balaban J connectivity index is 2.61. The van der Waals surface area contributed by atoms with Crippen molar-refractivity contribution in [2.45, 2.75) is 19.1 Å². The maximum absolute atomic E-state index is 13.1. The van der Waals surface area contributed by atoms with Crippen LogP contribution in [0.25, 0.3) is 0 Å². The second-order valence-electron chi connectivity index (χ2n) is 5.30. The predicted molar refractivity (Wildman–Crippen MR) is 81.5 cm³/mol. The van der Waals surface area contributed by atoms with Crippen LogP contribution in [0.3, 0.4) is 0 Å². The zero-order valence-corrected chi connectivity index (χ0v) is 12.9. The van der Waals surface area contributed by atoms with Crippen LogP contribution in [0.5, 0.6) is 0 Å². The molecule has 0 aliphatic carbocycles. The van der Waals surface area contributed by atoms with Crippen molar-refractivity contribution >= 4 is 17.6 Å². The van der Waals surface area contributed by atoms with Gasteiger partial charge in [-0.2, -0.15) is 13.2 Å². The average Bonchev–Trinajstić information content (AvgIpc) is 2.53.